The van der Waals surface area contributed by atoms with Crippen molar-refractivity contribution in [1.82, 2.24) is 5.32 Å². The Bertz CT molecular complexity index is 366. The second-order valence-corrected chi connectivity index (χ2v) is 3.03. The molecule has 15 heavy (non-hydrogen) atoms. The van der Waals surface area contributed by atoms with Gasteiger partial charge in [-0.3, -0.25) is 4.79 Å². The average molecular weight is 202 g/mol. The number of rotatable bonds is 4. The van der Waals surface area contributed by atoms with Crippen molar-refractivity contribution in [2.24, 2.45) is 0 Å². The second-order valence-electron chi connectivity index (χ2n) is 3.03. The Labute approximate surface area is 89.3 Å². The molecule has 1 aromatic rings. The normalized spacial score (nSPS) is 10.1. The molecule has 0 spiro atoms. The summed E-state index contributed by atoms with van der Waals surface area (Å²) < 4.78 is 0. The zero-order valence-electron chi connectivity index (χ0n) is 8.44. The van der Waals surface area contributed by atoms with Gasteiger partial charge in [-0.1, -0.05) is 18.2 Å². The first kappa shape index (κ1) is 11.0. The van der Waals surface area contributed by atoms with Crippen molar-refractivity contribution in [2.75, 3.05) is 12.3 Å². The smallest absolute Gasteiger partial charge is 0.244 e. The minimum atomic E-state index is -0.133. The Morgan fingerprint density at radius 2 is 2.07 bits per heavy atom. The lowest BCUT2D eigenvalue weighted by atomic mass is 10.2. The summed E-state index contributed by atoms with van der Waals surface area (Å²) in [7, 11) is 0. The molecule has 0 saturated carbocycles. The SMILES string of the molecule is C=CCNC(=O)/C=C/c1ccc(N)cc1. The van der Waals surface area contributed by atoms with E-state index in [2.05, 4.69) is 11.9 Å². The van der Waals surface area contributed by atoms with Gasteiger partial charge < -0.3 is 11.1 Å². The predicted molar refractivity (Wildman–Crippen MR) is 63.1 cm³/mol. The maximum atomic E-state index is 11.2. The molecule has 0 saturated heterocycles. The van der Waals surface area contributed by atoms with Gasteiger partial charge in [0.25, 0.3) is 0 Å². The number of carbonyl (C=O) groups excluding carboxylic acids is 1. The summed E-state index contributed by atoms with van der Waals surface area (Å²) in [4.78, 5) is 11.2. The summed E-state index contributed by atoms with van der Waals surface area (Å²) in [6.45, 7) is 3.99. The van der Waals surface area contributed by atoms with E-state index in [0.29, 0.717) is 12.2 Å². The summed E-state index contributed by atoms with van der Waals surface area (Å²) in [5.74, 6) is -0.133. The molecule has 0 radical (unpaired) electrons. The standard InChI is InChI=1S/C12H14N2O/c1-2-9-14-12(15)8-5-10-3-6-11(13)7-4-10/h2-8H,1,9,13H2,(H,14,15)/b8-5+. The first-order chi connectivity index (χ1) is 7.22. The number of amides is 1. The Balaban J connectivity index is 2.53. The predicted octanol–water partition coefficient (Wildman–Crippen LogP) is 1.58. The van der Waals surface area contributed by atoms with Crippen LogP contribution in [0.1, 0.15) is 5.56 Å². The van der Waals surface area contributed by atoms with Gasteiger partial charge in [-0.05, 0) is 23.8 Å². The van der Waals surface area contributed by atoms with E-state index < -0.39 is 0 Å². The Morgan fingerprint density at radius 3 is 2.67 bits per heavy atom. The summed E-state index contributed by atoms with van der Waals surface area (Å²) in [6, 6.07) is 7.29. The van der Waals surface area contributed by atoms with Crippen LogP contribution in [0.2, 0.25) is 0 Å². The number of nitrogen functional groups attached to an aromatic ring is 1. The van der Waals surface area contributed by atoms with E-state index in [1.807, 2.05) is 12.1 Å². The van der Waals surface area contributed by atoms with Crippen molar-refractivity contribution in [2.45, 2.75) is 0 Å². The van der Waals surface area contributed by atoms with Gasteiger partial charge in [0.15, 0.2) is 0 Å². The van der Waals surface area contributed by atoms with Gasteiger partial charge in [0, 0.05) is 18.3 Å². The highest BCUT2D eigenvalue weighted by Gasteiger charge is 1.92. The van der Waals surface area contributed by atoms with Crippen LogP contribution in [0.15, 0.2) is 43.0 Å². The molecule has 0 fully saturated rings. The third-order valence-electron chi connectivity index (χ3n) is 1.78. The lowest BCUT2D eigenvalue weighted by molar-refractivity contribution is -0.116. The lowest BCUT2D eigenvalue weighted by Gasteiger charge is -1.96. The molecule has 0 atom stereocenters. The van der Waals surface area contributed by atoms with Crippen molar-refractivity contribution in [3.8, 4) is 0 Å². The minimum absolute atomic E-state index is 0.133. The van der Waals surface area contributed by atoms with Gasteiger partial charge in [-0.2, -0.15) is 0 Å². The topological polar surface area (TPSA) is 55.1 Å². The second kappa shape index (κ2) is 5.65. The highest BCUT2D eigenvalue weighted by atomic mass is 16.1. The van der Waals surface area contributed by atoms with E-state index in [1.54, 1.807) is 24.3 Å². The van der Waals surface area contributed by atoms with E-state index in [0.717, 1.165) is 5.56 Å². The highest BCUT2D eigenvalue weighted by Crippen LogP contribution is 2.06. The van der Waals surface area contributed by atoms with Gasteiger partial charge >= 0.3 is 0 Å². The van der Waals surface area contributed by atoms with Crippen LogP contribution in [-0.2, 0) is 4.79 Å². The number of anilines is 1. The van der Waals surface area contributed by atoms with Crippen LogP contribution in [0.25, 0.3) is 6.08 Å². The van der Waals surface area contributed by atoms with Crippen LogP contribution in [-0.4, -0.2) is 12.5 Å². The number of hydrogen-bond donors (Lipinski definition) is 2. The molecule has 0 aromatic heterocycles. The summed E-state index contributed by atoms with van der Waals surface area (Å²) >= 11 is 0. The fraction of sp³-hybridized carbons (Fsp3) is 0.0833. The Kier molecular flexibility index (Phi) is 4.16. The zero-order chi connectivity index (χ0) is 11.1. The van der Waals surface area contributed by atoms with Crippen molar-refractivity contribution in [3.05, 3.63) is 48.6 Å². The average Bonchev–Trinajstić information content (AvgIpc) is 2.25. The van der Waals surface area contributed by atoms with Gasteiger partial charge in [0.1, 0.15) is 0 Å². The third-order valence-corrected chi connectivity index (χ3v) is 1.78. The molecule has 0 aliphatic heterocycles. The molecule has 1 aromatic carbocycles. The maximum absolute atomic E-state index is 11.2. The Hall–Kier alpha value is -2.03. The molecule has 0 bridgehead atoms. The Morgan fingerprint density at radius 1 is 1.40 bits per heavy atom. The fourth-order valence-electron chi connectivity index (χ4n) is 1.01. The molecule has 3 nitrogen and oxygen atoms in total. The molecule has 1 amide bonds. The third kappa shape index (κ3) is 4.13. The first-order valence-corrected chi connectivity index (χ1v) is 4.64. The zero-order valence-corrected chi connectivity index (χ0v) is 8.44. The summed E-state index contributed by atoms with van der Waals surface area (Å²) in [5.41, 5.74) is 7.19. The van der Waals surface area contributed by atoms with Gasteiger partial charge in [0.05, 0.1) is 0 Å². The fourth-order valence-corrected chi connectivity index (χ4v) is 1.01. The van der Waals surface area contributed by atoms with Crippen molar-refractivity contribution in [1.29, 1.82) is 0 Å². The molecule has 0 aliphatic rings. The number of nitrogens with two attached hydrogens (primary N) is 1. The molecule has 0 heterocycles. The van der Waals surface area contributed by atoms with Crippen LogP contribution in [0.4, 0.5) is 5.69 Å². The molecule has 3 N–H and O–H groups in total. The van der Waals surface area contributed by atoms with E-state index in [9.17, 15) is 4.79 Å². The molecule has 1 rings (SSSR count). The quantitative estimate of drug-likeness (QED) is 0.442. The molecule has 78 valence electrons. The van der Waals surface area contributed by atoms with Crippen LogP contribution < -0.4 is 11.1 Å². The van der Waals surface area contributed by atoms with Gasteiger partial charge in [-0.15, -0.1) is 6.58 Å². The number of nitrogens with one attached hydrogen (secondary N) is 1. The van der Waals surface area contributed by atoms with Crippen LogP contribution in [0.3, 0.4) is 0 Å². The number of benzene rings is 1. The number of hydrogen-bond acceptors (Lipinski definition) is 2. The molecule has 0 aliphatic carbocycles. The van der Waals surface area contributed by atoms with E-state index in [1.165, 1.54) is 6.08 Å². The molecule has 3 heteroatoms. The molecule has 0 unspecified atom stereocenters. The van der Waals surface area contributed by atoms with E-state index >= 15 is 0 Å². The highest BCUT2D eigenvalue weighted by molar-refractivity contribution is 5.91. The monoisotopic (exact) mass is 202 g/mol. The minimum Gasteiger partial charge on any atom is -0.399 e. The van der Waals surface area contributed by atoms with Crippen LogP contribution in [0.5, 0.6) is 0 Å². The first-order valence-electron chi connectivity index (χ1n) is 4.64. The van der Waals surface area contributed by atoms with Gasteiger partial charge in [0.2, 0.25) is 5.91 Å². The largest absolute Gasteiger partial charge is 0.399 e. The van der Waals surface area contributed by atoms with E-state index in [4.69, 9.17) is 5.73 Å². The van der Waals surface area contributed by atoms with Gasteiger partial charge in [-0.25, -0.2) is 0 Å². The van der Waals surface area contributed by atoms with E-state index in [-0.39, 0.29) is 5.91 Å². The summed E-state index contributed by atoms with van der Waals surface area (Å²) in [6.07, 6.45) is 4.85. The lowest BCUT2D eigenvalue weighted by Crippen LogP contribution is -2.20. The maximum Gasteiger partial charge on any atom is 0.244 e. The van der Waals surface area contributed by atoms with Crippen molar-refractivity contribution < 1.29 is 4.79 Å². The molecular formula is C12H14N2O. The van der Waals surface area contributed by atoms with Crippen molar-refractivity contribution in [3.63, 3.8) is 0 Å². The number of carbonyl (C=O) groups is 1. The van der Waals surface area contributed by atoms with Crippen LogP contribution in [0, 0.1) is 0 Å². The van der Waals surface area contributed by atoms with Crippen LogP contribution >= 0.6 is 0 Å². The summed E-state index contributed by atoms with van der Waals surface area (Å²) in [5, 5.41) is 2.65. The molecular weight excluding hydrogens is 188 g/mol. The van der Waals surface area contributed by atoms with Crippen molar-refractivity contribution >= 4 is 17.7 Å².